The Hall–Kier alpha value is -2.69. The zero-order valence-corrected chi connectivity index (χ0v) is 16.8. The Morgan fingerprint density at radius 2 is 1.63 bits per heavy atom. The van der Waals surface area contributed by atoms with E-state index in [1.165, 1.54) is 0 Å². The highest BCUT2D eigenvalue weighted by atomic mass is 16.5. The Balaban J connectivity index is 1.98. The lowest BCUT2D eigenvalue weighted by molar-refractivity contribution is -0.121. The summed E-state index contributed by atoms with van der Waals surface area (Å²) in [5.41, 5.74) is 3.19. The molecule has 0 fully saturated rings. The molecule has 0 aliphatic carbocycles. The highest BCUT2D eigenvalue weighted by molar-refractivity contribution is 5.76. The van der Waals surface area contributed by atoms with Crippen LogP contribution in [0.15, 0.2) is 36.4 Å². The summed E-state index contributed by atoms with van der Waals surface area (Å²) in [6.07, 6.45) is 1.89. The van der Waals surface area contributed by atoms with Gasteiger partial charge in [0.2, 0.25) is 5.91 Å². The highest BCUT2D eigenvalue weighted by Crippen LogP contribution is 2.28. The first-order valence-electron chi connectivity index (χ1n) is 9.17. The van der Waals surface area contributed by atoms with E-state index >= 15 is 0 Å². The van der Waals surface area contributed by atoms with Gasteiger partial charge in [-0.05, 0) is 54.7 Å². The lowest BCUT2D eigenvalue weighted by Gasteiger charge is -2.19. The van der Waals surface area contributed by atoms with Crippen LogP contribution in [0.3, 0.4) is 0 Å². The Labute approximate surface area is 161 Å². The average Bonchev–Trinajstić information content (AvgIpc) is 2.70. The second-order valence-corrected chi connectivity index (χ2v) is 6.45. The van der Waals surface area contributed by atoms with Crippen molar-refractivity contribution < 1.29 is 19.0 Å². The van der Waals surface area contributed by atoms with Crippen LogP contribution in [0.5, 0.6) is 17.2 Å². The third-order valence-electron chi connectivity index (χ3n) is 4.65. The predicted molar refractivity (Wildman–Crippen MR) is 107 cm³/mol. The van der Waals surface area contributed by atoms with Crippen molar-refractivity contribution in [1.82, 2.24) is 5.32 Å². The zero-order chi connectivity index (χ0) is 19.8. The van der Waals surface area contributed by atoms with E-state index in [0.717, 1.165) is 28.9 Å². The lowest BCUT2D eigenvalue weighted by atomic mass is 10.0. The number of hydrogen-bond donors (Lipinski definition) is 1. The van der Waals surface area contributed by atoms with Crippen molar-refractivity contribution in [3.63, 3.8) is 0 Å². The monoisotopic (exact) mass is 371 g/mol. The summed E-state index contributed by atoms with van der Waals surface area (Å²) in [5.74, 6) is 2.25. The molecule has 0 aliphatic heterocycles. The first-order valence-corrected chi connectivity index (χ1v) is 9.17. The van der Waals surface area contributed by atoms with Gasteiger partial charge in [0.25, 0.3) is 0 Å². The number of amides is 1. The molecule has 0 saturated carbocycles. The van der Waals surface area contributed by atoms with E-state index in [0.29, 0.717) is 24.3 Å². The Bertz CT molecular complexity index is 773. The van der Waals surface area contributed by atoms with Gasteiger partial charge in [-0.15, -0.1) is 0 Å². The van der Waals surface area contributed by atoms with Gasteiger partial charge in [-0.25, -0.2) is 0 Å². The SMILES string of the molecule is CC[C@@H](NC(=O)CCc1ccc(OC)c(OC)c1)c1ccc(OC)c(C)c1. The number of methoxy groups -OCH3 is 3. The van der Waals surface area contributed by atoms with Crippen molar-refractivity contribution in [3.8, 4) is 17.2 Å². The summed E-state index contributed by atoms with van der Waals surface area (Å²) in [5, 5.41) is 3.13. The molecule has 1 atom stereocenters. The topological polar surface area (TPSA) is 56.8 Å². The van der Waals surface area contributed by atoms with Crippen LogP contribution in [0.2, 0.25) is 0 Å². The quantitative estimate of drug-likeness (QED) is 0.717. The van der Waals surface area contributed by atoms with Gasteiger partial charge in [0, 0.05) is 6.42 Å². The van der Waals surface area contributed by atoms with E-state index in [-0.39, 0.29) is 11.9 Å². The van der Waals surface area contributed by atoms with Gasteiger partial charge in [0.1, 0.15) is 5.75 Å². The number of nitrogens with one attached hydrogen (secondary N) is 1. The predicted octanol–water partition coefficient (Wildman–Crippen LogP) is 4.22. The third-order valence-corrected chi connectivity index (χ3v) is 4.65. The van der Waals surface area contributed by atoms with E-state index < -0.39 is 0 Å². The number of ether oxygens (including phenoxy) is 3. The van der Waals surface area contributed by atoms with E-state index in [1.54, 1.807) is 21.3 Å². The van der Waals surface area contributed by atoms with Gasteiger partial charge in [-0.1, -0.05) is 25.1 Å². The average molecular weight is 371 g/mol. The van der Waals surface area contributed by atoms with E-state index in [9.17, 15) is 4.79 Å². The minimum Gasteiger partial charge on any atom is -0.496 e. The van der Waals surface area contributed by atoms with Crippen molar-refractivity contribution in [2.45, 2.75) is 39.2 Å². The Kier molecular flexibility index (Phi) is 7.53. The van der Waals surface area contributed by atoms with E-state index in [2.05, 4.69) is 18.3 Å². The van der Waals surface area contributed by atoms with Crippen LogP contribution in [-0.2, 0) is 11.2 Å². The largest absolute Gasteiger partial charge is 0.496 e. The molecule has 0 radical (unpaired) electrons. The summed E-state index contributed by atoms with van der Waals surface area (Å²) in [4.78, 5) is 12.5. The molecule has 0 unspecified atom stereocenters. The number of carbonyl (C=O) groups is 1. The molecule has 27 heavy (non-hydrogen) atoms. The molecule has 0 aromatic heterocycles. The van der Waals surface area contributed by atoms with Crippen LogP contribution in [0.25, 0.3) is 0 Å². The molecule has 2 aromatic carbocycles. The van der Waals surface area contributed by atoms with Crippen molar-refractivity contribution in [3.05, 3.63) is 53.1 Å². The maximum absolute atomic E-state index is 12.5. The first-order chi connectivity index (χ1) is 13.0. The molecule has 2 aromatic rings. The van der Waals surface area contributed by atoms with Gasteiger partial charge in [0.15, 0.2) is 11.5 Å². The number of aryl methyl sites for hydroxylation is 2. The standard InChI is InChI=1S/C22H29NO4/c1-6-18(17-9-11-19(25-3)15(2)13-17)23-22(24)12-8-16-7-10-20(26-4)21(14-16)27-5/h7,9-11,13-14,18H,6,8,12H2,1-5H3,(H,23,24)/t18-/m1/s1. The minimum absolute atomic E-state index is 0.00694. The summed E-state index contributed by atoms with van der Waals surface area (Å²) in [6, 6.07) is 11.8. The number of carbonyl (C=O) groups excluding carboxylic acids is 1. The van der Waals surface area contributed by atoms with Crippen molar-refractivity contribution >= 4 is 5.91 Å². The fourth-order valence-electron chi connectivity index (χ4n) is 3.10. The molecular weight excluding hydrogens is 342 g/mol. The molecule has 0 bridgehead atoms. The molecule has 2 rings (SSSR count). The highest BCUT2D eigenvalue weighted by Gasteiger charge is 2.14. The summed E-state index contributed by atoms with van der Waals surface area (Å²) < 4.78 is 15.9. The molecule has 5 heteroatoms. The Morgan fingerprint density at radius 1 is 0.963 bits per heavy atom. The van der Waals surface area contributed by atoms with Crippen LogP contribution >= 0.6 is 0 Å². The van der Waals surface area contributed by atoms with Gasteiger partial charge in [0.05, 0.1) is 27.4 Å². The fourth-order valence-corrected chi connectivity index (χ4v) is 3.10. The van der Waals surface area contributed by atoms with Gasteiger partial charge in [-0.2, -0.15) is 0 Å². The fraction of sp³-hybridized carbons (Fsp3) is 0.409. The van der Waals surface area contributed by atoms with Crippen molar-refractivity contribution in [2.24, 2.45) is 0 Å². The maximum Gasteiger partial charge on any atom is 0.220 e. The lowest BCUT2D eigenvalue weighted by Crippen LogP contribution is -2.28. The minimum atomic E-state index is -0.00694. The van der Waals surface area contributed by atoms with Gasteiger partial charge in [-0.3, -0.25) is 4.79 Å². The van der Waals surface area contributed by atoms with Crippen LogP contribution < -0.4 is 19.5 Å². The normalized spacial score (nSPS) is 11.6. The summed E-state index contributed by atoms with van der Waals surface area (Å²) in [6.45, 7) is 4.08. The maximum atomic E-state index is 12.5. The van der Waals surface area contributed by atoms with Crippen LogP contribution in [0.1, 0.15) is 42.5 Å². The number of benzene rings is 2. The molecule has 1 N–H and O–H groups in total. The molecule has 146 valence electrons. The number of rotatable bonds is 9. The van der Waals surface area contributed by atoms with Crippen molar-refractivity contribution in [2.75, 3.05) is 21.3 Å². The summed E-state index contributed by atoms with van der Waals surface area (Å²) in [7, 11) is 4.88. The zero-order valence-electron chi connectivity index (χ0n) is 16.8. The molecule has 5 nitrogen and oxygen atoms in total. The molecule has 0 spiro atoms. The van der Waals surface area contributed by atoms with Crippen molar-refractivity contribution in [1.29, 1.82) is 0 Å². The molecular formula is C22H29NO4. The van der Waals surface area contributed by atoms with Gasteiger partial charge < -0.3 is 19.5 Å². The van der Waals surface area contributed by atoms with Gasteiger partial charge >= 0.3 is 0 Å². The summed E-state index contributed by atoms with van der Waals surface area (Å²) >= 11 is 0. The molecule has 0 heterocycles. The number of hydrogen-bond acceptors (Lipinski definition) is 4. The van der Waals surface area contributed by atoms with E-state index in [4.69, 9.17) is 14.2 Å². The third kappa shape index (κ3) is 5.39. The molecule has 1 amide bonds. The van der Waals surface area contributed by atoms with E-state index in [1.807, 2.05) is 37.3 Å². The Morgan fingerprint density at radius 3 is 2.22 bits per heavy atom. The first kappa shape index (κ1) is 20.6. The van der Waals surface area contributed by atoms with Crippen LogP contribution in [0, 0.1) is 6.92 Å². The second-order valence-electron chi connectivity index (χ2n) is 6.45. The second kappa shape index (κ2) is 9.86. The van der Waals surface area contributed by atoms with Crippen LogP contribution in [0.4, 0.5) is 0 Å². The van der Waals surface area contributed by atoms with Crippen LogP contribution in [-0.4, -0.2) is 27.2 Å². The molecule has 0 aliphatic rings. The molecule has 0 saturated heterocycles. The smallest absolute Gasteiger partial charge is 0.220 e.